The second kappa shape index (κ2) is 6.51. The van der Waals surface area contributed by atoms with Crippen LogP contribution in [0.25, 0.3) is 0 Å². The zero-order chi connectivity index (χ0) is 17.3. The van der Waals surface area contributed by atoms with Gasteiger partial charge in [0.1, 0.15) is 0 Å². The summed E-state index contributed by atoms with van der Waals surface area (Å²) in [4.78, 5) is 30.1. The molecule has 0 aromatic carbocycles. The van der Waals surface area contributed by atoms with Crippen LogP contribution in [0.4, 0.5) is 0 Å². The summed E-state index contributed by atoms with van der Waals surface area (Å²) in [5.74, 6) is -0.737. The molecule has 1 aliphatic carbocycles. The minimum absolute atomic E-state index is 0.0276. The highest BCUT2D eigenvalue weighted by atomic mass is 32.2. The van der Waals surface area contributed by atoms with Crippen molar-refractivity contribution < 1.29 is 18.0 Å². The van der Waals surface area contributed by atoms with Crippen LogP contribution in [0.15, 0.2) is 24.5 Å². The van der Waals surface area contributed by atoms with E-state index in [2.05, 4.69) is 10.3 Å². The van der Waals surface area contributed by atoms with Crippen molar-refractivity contribution >= 4 is 21.7 Å². The Bertz CT molecular complexity index is 735. The molecule has 1 aliphatic heterocycles. The van der Waals surface area contributed by atoms with Gasteiger partial charge in [0.2, 0.25) is 11.8 Å². The predicted octanol–water partition coefficient (Wildman–Crippen LogP) is -0.0206. The fourth-order valence-electron chi connectivity index (χ4n) is 3.10. The average Bonchev–Trinajstić information content (AvgIpc) is 3.29. The predicted molar refractivity (Wildman–Crippen MR) is 87.5 cm³/mol. The van der Waals surface area contributed by atoms with Crippen molar-refractivity contribution in [1.29, 1.82) is 0 Å². The molecule has 0 spiro atoms. The van der Waals surface area contributed by atoms with Crippen LogP contribution in [0.2, 0.25) is 0 Å². The van der Waals surface area contributed by atoms with Crippen LogP contribution in [0, 0.1) is 11.8 Å². The van der Waals surface area contributed by atoms with E-state index in [0.717, 1.165) is 5.56 Å². The summed E-state index contributed by atoms with van der Waals surface area (Å²) in [6.45, 7) is 0.390. The van der Waals surface area contributed by atoms with Gasteiger partial charge in [0.15, 0.2) is 9.84 Å². The fraction of sp³-hybridized carbons (Fsp3) is 0.562. The van der Waals surface area contributed by atoms with Crippen molar-refractivity contribution in [3.05, 3.63) is 30.1 Å². The third kappa shape index (κ3) is 3.75. The minimum atomic E-state index is -3.03. The van der Waals surface area contributed by atoms with E-state index in [1.807, 2.05) is 6.07 Å². The third-order valence-electron chi connectivity index (χ3n) is 4.74. The number of carbonyl (C=O) groups excluding carboxylic acids is 2. The molecule has 2 fully saturated rings. The number of nitrogens with one attached hydrogen (secondary N) is 1. The van der Waals surface area contributed by atoms with Crippen LogP contribution < -0.4 is 5.32 Å². The molecular weight excluding hydrogens is 330 g/mol. The van der Waals surface area contributed by atoms with Crippen LogP contribution >= 0.6 is 0 Å². The van der Waals surface area contributed by atoms with E-state index in [1.165, 1.54) is 4.90 Å². The molecule has 0 radical (unpaired) electrons. The van der Waals surface area contributed by atoms with Crippen molar-refractivity contribution in [2.75, 3.05) is 18.6 Å². The Morgan fingerprint density at radius 1 is 1.38 bits per heavy atom. The maximum Gasteiger partial charge on any atom is 0.226 e. The molecular formula is C16H21N3O4S. The zero-order valence-corrected chi connectivity index (χ0v) is 14.3. The first kappa shape index (κ1) is 16.9. The number of amides is 2. The molecule has 2 aliphatic rings. The van der Waals surface area contributed by atoms with Crippen LogP contribution in [0.5, 0.6) is 0 Å². The Hall–Kier alpha value is -1.96. The van der Waals surface area contributed by atoms with Gasteiger partial charge in [-0.05, 0) is 24.5 Å². The maximum atomic E-state index is 12.4. The van der Waals surface area contributed by atoms with Crippen LogP contribution in [0.3, 0.4) is 0 Å². The largest absolute Gasteiger partial charge is 0.352 e. The molecule has 7 nitrogen and oxygen atoms in total. The Morgan fingerprint density at radius 3 is 2.79 bits per heavy atom. The third-order valence-corrected chi connectivity index (χ3v) is 6.49. The molecule has 2 heterocycles. The Morgan fingerprint density at radius 2 is 2.17 bits per heavy atom. The molecule has 3 rings (SSSR count). The van der Waals surface area contributed by atoms with Crippen LogP contribution in [0.1, 0.15) is 18.4 Å². The molecule has 3 unspecified atom stereocenters. The number of hydrogen-bond acceptors (Lipinski definition) is 5. The van der Waals surface area contributed by atoms with Gasteiger partial charge in [-0.2, -0.15) is 0 Å². The quantitative estimate of drug-likeness (QED) is 0.804. The van der Waals surface area contributed by atoms with Gasteiger partial charge < -0.3 is 10.2 Å². The molecule has 0 bridgehead atoms. The van der Waals surface area contributed by atoms with Gasteiger partial charge in [0.25, 0.3) is 0 Å². The molecule has 24 heavy (non-hydrogen) atoms. The van der Waals surface area contributed by atoms with Gasteiger partial charge >= 0.3 is 0 Å². The van der Waals surface area contributed by atoms with E-state index in [-0.39, 0.29) is 41.2 Å². The number of hydrogen-bond donors (Lipinski definition) is 1. The molecule has 2 amide bonds. The summed E-state index contributed by atoms with van der Waals surface area (Å²) in [6, 6.07) is 3.41. The van der Waals surface area contributed by atoms with Crippen molar-refractivity contribution in [2.24, 2.45) is 11.8 Å². The molecule has 3 atom stereocenters. The molecule has 1 aromatic heterocycles. The average molecular weight is 351 g/mol. The lowest BCUT2D eigenvalue weighted by atomic mass is 10.2. The number of rotatable bonds is 5. The Kier molecular flexibility index (Phi) is 4.58. The molecule has 8 heteroatoms. The minimum Gasteiger partial charge on any atom is -0.352 e. The van der Waals surface area contributed by atoms with Crippen LogP contribution in [-0.2, 0) is 26.0 Å². The van der Waals surface area contributed by atoms with Crippen molar-refractivity contribution in [1.82, 2.24) is 15.2 Å². The molecule has 1 saturated carbocycles. The van der Waals surface area contributed by atoms with Gasteiger partial charge in [-0.15, -0.1) is 0 Å². The maximum absolute atomic E-state index is 12.4. The van der Waals surface area contributed by atoms with Crippen molar-refractivity contribution in [3.63, 3.8) is 0 Å². The van der Waals surface area contributed by atoms with E-state index < -0.39 is 9.84 Å². The highest BCUT2D eigenvalue weighted by Gasteiger charge is 2.50. The molecule has 1 saturated heterocycles. The van der Waals surface area contributed by atoms with E-state index >= 15 is 0 Å². The van der Waals surface area contributed by atoms with Gasteiger partial charge in [-0.3, -0.25) is 14.6 Å². The summed E-state index contributed by atoms with van der Waals surface area (Å²) >= 11 is 0. The standard InChI is InChI=1S/C16H21N3O4S/c1-19(12-4-6-24(22,23)10-12)16(21)14-7-13(14)15(20)18-9-11-3-2-5-17-8-11/h2-3,5,8,12-14H,4,6-7,9-10H2,1H3,(H,18,20). The number of sulfone groups is 1. The number of aromatic nitrogens is 1. The monoisotopic (exact) mass is 351 g/mol. The zero-order valence-electron chi connectivity index (χ0n) is 13.5. The van der Waals surface area contributed by atoms with Gasteiger partial charge in [-0.25, -0.2) is 8.42 Å². The summed E-state index contributed by atoms with van der Waals surface area (Å²) in [6.07, 6.45) is 4.36. The van der Waals surface area contributed by atoms with Gasteiger partial charge in [-0.1, -0.05) is 6.07 Å². The second-order valence-electron chi connectivity index (χ2n) is 6.53. The van der Waals surface area contributed by atoms with E-state index in [4.69, 9.17) is 0 Å². The number of carbonyl (C=O) groups is 2. The lowest BCUT2D eigenvalue weighted by Crippen LogP contribution is -2.39. The highest BCUT2D eigenvalue weighted by Crippen LogP contribution is 2.40. The molecule has 130 valence electrons. The Labute approximate surface area is 141 Å². The summed E-state index contributed by atoms with van der Waals surface area (Å²) in [7, 11) is -1.39. The Balaban J connectivity index is 1.49. The normalized spacial score (nSPS) is 27.5. The van der Waals surface area contributed by atoms with Crippen molar-refractivity contribution in [3.8, 4) is 0 Å². The number of nitrogens with zero attached hydrogens (tertiary/aromatic N) is 2. The summed E-state index contributed by atoms with van der Waals surface area (Å²) in [5.41, 5.74) is 0.905. The van der Waals surface area contributed by atoms with Crippen molar-refractivity contribution in [2.45, 2.75) is 25.4 Å². The molecule has 1 N–H and O–H groups in total. The van der Waals surface area contributed by atoms with E-state index in [0.29, 0.717) is 19.4 Å². The summed E-state index contributed by atoms with van der Waals surface area (Å²) in [5, 5.41) is 2.82. The molecule has 1 aromatic rings. The highest BCUT2D eigenvalue weighted by molar-refractivity contribution is 7.91. The fourth-order valence-corrected chi connectivity index (χ4v) is 4.88. The van der Waals surface area contributed by atoms with E-state index in [9.17, 15) is 18.0 Å². The summed E-state index contributed by atoms with van der Waals surface area (Å²) < 4.78 is 23.1. The van der Waals surface area contributed by atoms with Gasteiger partial charge in [0, 0.05) is 32.0 Å². The first-order valence-electron chi connectivity index (χ1n) is 8.01. The van der Waals surface area contributed by atoms with Crippen LogP contribution in [-0.4, -0.2) is 54.7 Å². The SMILES string of the molecule is CN(C(=O)C1CC1C(=O)NCc1cccnc1)C1CCS(=O)(=O)C1. The van der Waals surface area contributed by atoms with E-state index in [1.54, 1.807) is 25.5 Å². The number of pyridine rings is 1. The lowest BCUT2D eigenvalue weighted by molar-refractivity contribution is -0.135. The first-order chi connectivity index (χ1) is 11.4. The lowest BCUT2D eigenvalue weighted by Gasteiger charge is -2.23. The smallest absolute Gasteiger partial charge is 0.226 e. The second-order valence-corrected chi connectivity index (χ2v) is 8.76. The first-order valence-corrected chi connectivity index (χ1v) is 9.83. The topological polar surface area (TPSA) is 96.4 Å². The van der Waals surface area contributed by atoms with Gasteiger partial charge in [0.05, 0.1) is 23.3 Å².